The second kappa shape index (κ2) is 7.28. The van der Waals surface area contributed by atoms with E-state index in [1.54, 1.807) is 0 Å². The number of rotatable bonds is 3. The number of piperidine rings is 1. The zero-order valence-electron chi connectivity index (χ0n) is 13.7. The topological polar surface area (TPSA) is 49.4 Å². The third-order valence-corrected chi connectivity index (χ3v) is 4.80. The monoisotopic (exact) mass is 294 g/mol. The summed E-state index contributed by atoms with van der Waals surface area (Å²) in [6, 6.07) is 0.121. The Labute approximate surface area is 128 Å². The summed E-state index contributed by atoms with van der Waals surface area (Å²) < 4.78 is 0. The highest BCUT2D eigenvalue weighted by Crippen LogP contribution is 2.27. The normalized spacial score (nSPS) is 27.7. The van der Waals surface area contributed by atoms with Crippen molar-refractivity contribution >= 4 is 11.8 Å². The summed E-state index contributed by atoms with van der Waals surface area (Å²) in [6.07, 6.45) is 6.72. The van der Waals surface area contributed by atoms with Gasteiger partial charge in [0, 0.05) is 31.0 Å². The predicted octanol–water partition coefficient (Wildman–Crippen LogP) is 2.58. The van der Waals surface area contributed by atoms with Crippen molar-refractivity contribution in [2.75, 3.05) is 13.1 Å². The number of hydrogen-bond acceptors (Lipinski definition) is 2. The van der Waals surface area contributed by atoms with E-state index in [1.165, 1.54) is 19.3 Å². The largest absolute Gasteiger partial charge is 0.351 e. The molecule has 0 aromatic carbocycles. The van der Waals surface area contributed by atoms with E-state index < -0.39 is 0 Å². The van der Waals surface area contributed by atoms with E-state index in [0.29, 0.717) is 18.4 Å². The van der Waals surface area contributed by atoms with E-state index in [-0.39, 0.29) is 23.8 Å². The molecule has 2 atom stereocenters. The number of carbonyl (C=O) groups excluding carboxylic acids is 2. The molecule has 21 heavy (non-hydrogen) atoms. The first-order valence-corrected chi connectivity index (χ1v) is 8.56. The maximum Gasteiger partial charge on any atom is 0.225 e. The molecule has 120 valence electrons. The summed E-state index contributed by atoms with van der Waals surface area (Å²) in [5, 5.41) is 3.10. The highest BCUT2D eigenvalue weighted by molar-refractivity contribution is 5.80. The van der Waals surface area contributed by atoms with Crippen molar-refractivity contribution in [1.29, 1.82) is 0 Å². The van der Waals surface area contributed by atoms with Crippen molar-refractivity contribution in [3.8, 4) is 0 Å². The zero-order valence-corrected chi connectivity index (χ0v) is 13.7. The minimum atomic E-state index is 0.00438. The fourth-order valence-corrected chi connectivity index (χ4v) is 3.61. The van der Waals surface area contributed by atoms with Crippen molar-refractivity contribution in [2.45, 2.75) is 65.3 Å². The molecule has 0 bridgehead atoms. The number of nitrogens with one attached hydrogen (secondary N) is 1. The second-order valence-corrected chi connectivity index (χ2v) is 7.28. The Kier molecular flexibility index (Phi) is 5.65. The molecule has 1 saturated carbocycles. The molecule has 0 aromatic rings. The van der Waals surface area contributed by atoms with Crippen LogP contribution in [0, 0.1) is 17.8 Å². The van der Waals surface area contributed by atoms with Crippen molar-refractivity contribution in [3.05, 3.63) is 0 Å². The Morgan fingerprint density at radius 2 is 1.76 bits per heavy atom. The fourth-order valence-electron chi connectivity index (χ4n) is 3.61. The minimum Gasteiger partial charge on any atom is -0.351 e. The molecule has 2 unspecified atom stereocenters. The van der Waals surface area contributed by atoms with Crippen molar-refractivity contribution in [2.24, 2.45) is 17.8 Å². The molecule has 2 amide bonds. The van der Waals surface area contributed by atoms with Crippen LogP contribution in [0.1, 0.15) is 59.3 Å². The van der Waals surface area contributed by atoms with Crippen LogP contribution in [0.5, 0.6) is 0 Å². The predicted molar refractivity (Wildman–Crippen MR) is 83.7 cm³/mol. The lowest BCUT2D eigenvalue weighted by Crippen LogP contribution is -2.54. The number of nitrogens with zero attached hydrogens (tertiary/aromatic N) is 1. The van der Waals surface area contributed by atoms with Gasteiger partial charge in [-0.05, 0) is 25.2 Å². The Morgan fingerprint density at radius 3 is 2.38 bits per heavy atom. The van der Waals surface area contributed by atoms with Crippen LogP contribution in [-0.4, -0.2) is 35.8 Å². The van der Waals surface area contributed by atoms with Crippen LogP contribution in [0.25, 0.3) is 0 Å². The maximum atomic E-state index is 12.7. The molecule has 2 fully saturated rings. The van der Waals surface area contributed by atoms with Crippen molar-refractivity contribution < 1.29 is 9.59 Å². The Bertz CT molecular complexity index is 375. The van der Waals surface area contributed by atoms with Gasteiger partial charge >= 0.3 is 0 Å². The first kappa shape index (κ1) is 16.3. The highest BCUT2D eigenvalue weighted by Gasteiger charge is 2.32. The van der Waals surface area contributed by atoms with Gasteiger partial charge in [0.2, 0.25) is 11.8 Å². The molecule has 4 heteroatoms. The van der Waals surface area contributed by atoms with Gasteiger partial charge in [-0.25, -0.2) is 0 Å². The first-order chi connectivity index (χ1) is 9.97. The van der Waals surface area contributed by atoms with Crippen molar-refractivity contribution in [3.63, 3.8) is 0 Å². The van der Waals surface area contributed by atoms with Crippen molar-refractivity contribution in [1.82, 2.24) is 10.2 Å². The number of amides is 2. The molecular formula is C17H30N2O2. The van der Waals surface area contributed by atoms with Crippen LogP contribution >= 0.6 is 0 Å². The number of carbonyl (C=O) groups is 2. The van der Waals surface area contributed by atoms with Crippen LogP contribution in [0.3, 0.4) is 0 Å². The maximum absolute atomic E-state index is 12.7. The third-order valence-electron chi connectivity index (χ3n) is 4.80. The van der Waals surface area contributed by atoms with Gasteiger partial charge in [-0.2, -0.15) is 0 Å². The molecule has 0 radical (unpaired) electrons. The average Bonchev–Trinajstić information content (AvgIpc) is 2.46. The van der Waals surface area contributed by atoms with Gasteiger partial charge in [0.15, 0.2) is 0 Å². The van der Waals surface area contributed by atoms with E-state index >= 15 is 0 Å². The molecule has 2 rings (SSSR count). The number of hydrogen-bond donors (Lipinski definition) is 1. The van der Waals surface area contributed by atoms with Crippen LogP contribution in [0.2, 0.25) is 0 Å². The lowest BCUT2D eigenvalue weighted by molar-refractivity contribution is -0.139. The smallest absolute Gasteiger partial charge is 0.225 e. The molecule has 4 nitrogen and oxygen atoms in total. The molecule has 1 aliphatic carbocycles. The first-order valence-electron chi connectivity index (χ1n) is 8.56. The average molecular weight is 294 g/mol. The number of likely N-dealkylation sites (tertiary alicyclic amines) is 1. The summed E-state index contributed by atoms with van der Waals surface area (Å²) in [6.45, 7) is 7.54. The molecule has 1 heterocycles. The highest BCUT2D eigenvalue weighted by atomic mass is 16.2. The second-order valence-electron chi connectivity index (χ2n) is 7.28. The molecule has 0 aromatic heterocycles. The Balaban J connectivity index is 1.93. The van der Waals surface area contributed by atoms with E-state index in [4.69, 9.17) is 0 Å². The lowest BCUT2D eigenvalue weighted by Gasteiger charge is -2.39. The summed E-state index contributed by atoms with van der Waals surface area (Å²) in [5.74, 6) is 1.11. The van der Waals surface area contributed by atoms with Gasteiger partial charge in [0.25, 0.3) is 0 Å². The quantitative estimate of drug-likeness (QED) is 0.869. The molecule has 0 spiro atoms. The standard InChI is InChI=1S/C17H30N2O2/c1-12(2)16(20)18-15-9-13(3)10-19(11-15)17(21)14-7-5-4-6-8-14/h12-15H,4-11H2,1-3H3,(H,18,20). The van der Waals surface area contributed by atoms with Crippen LogP contribution < -0.4 is 5.32 Å². The van der Waals surface area contributed by atoms with Gasteiger partial charge in [-0.15, -0.1) is 0 Å². The zero-order chi connectivity index (χ0) is 15.4. The van der Waals surface area contributed by atoms with Crippen LogP contribution in [0.15, 0.2) is 0 Å². The van der Waals surface area contributed by atoms with E-state index in [0.717, 1.165) is 25.8 Å². The van der Waals surface area contributed by atoms with Gasteiger partial charge in [-0.1, -0.05) is 40.0 Å². The SMILES string of the molecule is CC1CC(NC(=O)C(C)C)CN(C(=O)C2CCCCC2)C1. The summed E-state index contributed by atoms with van der Waals surface area (Å²) >= 11 is 0. The molecular weight excluding hydrogens is 264 g/mol. The third kappa shape index (κ3) is 4.45. The molecule has 1 N–H and O–H groups in total. The lowest BCUT2D eigenvalue weighted by atomic mass is 9.87. The minimum absolute atomic E-state index is 0.00438. The molecule has 1 saturated heterocycles. The van der Waals surface area contributed by atoms with Crippen LogP contribution in [-0.2, 0) is 9.59 Å². The van der Waals surface area contributed by atoms with Gasteiger partial charge in [0.1, 0.15) is 0 Å². The molecule has 2 aliphatic rings. The van der Waals surface area contributed by atoms with Gasteiger partial charge in [0.05, 0.1) is 0 Å². The van der Waals surface area contributed by atoms with E-state index in [2.05, 4.69) is 12.2 Å². The summed E-state index contributed by atoms with van der Waals surface area (Å²) in [5.41, 5.74) is 0. The summed E-state index contributed by atoms with van der Waals surface area (Å²) in [7, 11) is 0. The van der Waals surface area contributed by atoms with Gasteiger partial charge < -0.3 is 10.2 Å². The molecule has 1 aliphatic heterocycles. The van der Waals surface area contributed by atoms with Gasteiger partial charge in [-0.3, -0.25) is 9.59 Å². The Hall–Kier alpha value is -1.06. The van der Waals surface area contributed by atoms with E-state index in [1.807, 2.05) is 18.7 Å². The fraction of sp³-hybridized carbons (Fsp3) is 0.882. The summed E-state index contributed by atoms with van der Waals surface area (Å²) in [4.78, 5) is 26.6. The Morgan fingerprint density at radius 1 is 1.10 bits per heavy atom. The van der Waals surface area contributed by atoms with E-state index in [9.17, 15) is 9.59 Å². The van der Waals surface area contributed by atoms with Crippen LogP contribution in [0.4, 0.5) is 0 Å².